The summed E-state index contributed by atoms with van der Waals surface area (Å²) in [4.78, 5) is 24.0. The lowest BCUT2D eigenvalue weighted by atomic mass is 10.1. The van der Waals surface area contributed by atoms with Gasteiger partial charge in [0.2, 0.25) is 11.8 Å². The van der Waals surface area contributed by atoms with Crippen LogP contribution in [0.5, 0.6) is 0 Å². The number of carbonyl (C=O) groups is 2. The van der Waals surface area contributed by atoms with E-state index >= 15 is 0 Å². The fourth-order valence-corrected chi connectivity index (χ4v) is 2.90. The third-order valence-electron chi connectivity index (χ3n) is 4.57. The number of hydrogen-bond donors (Lipinski definition) is 2. The molecule has 6 heteroatoms. The van der Waals surface area contributed by atoms with Crippen LogP contribution in [0.25, 0.3) is 0 Å². The van der Waals surface area contributed by atoms with Gasteiger partial charge < -0.3 is 0 Å². The second-order valence-electron chi connectivity index (χ2n) is 6.83. The van der Waals surface area contributed by atoms with E-state index in [-0.39, 0.29) is 11.8 Å². The van der Waals surface area contributed by atoms with Gasteiger partial charge in [-0.15, -0.1) is 0 Å². The minimum Gasteiger partial charge on any atom is -0.273 e. The Bertz CT molecular complexity index is 788. The second-order valence-corrected chi connectivity index (χ2v) is 6.83. The van der Waals surface area contributed by atoms with E-state index in [1.807, 2.05) is 74.5 Å². The maximum Gasteiger partial charge on any atom is 0.240 e. The van der Waals surface area contributed by atoms with Gasteiger partial charge in [-0.05, 0) is 36.8 Å². The van der Waals surface area contributed by atoms with E-state index in [0.29, 0.717) is 25.7 Å². The first kappa shape index (κ1) is 23.0. The van der Waals surface area contributed by atoms with Crippen LogP contribution in [0.4, 0.5) is 0 Å². The van der Waals surface area contributed by atoms with E-state index in [9.17, 15) is 9.59 Å². The Morgan fingerprint density at radius 3 is 1.37 bits per heavy atom. The highest BCUT2D eigenvalue weighted by Gasteiger charge is 2.06. The molecule has 0 atom stereocenters. The Labute approximate surface area is 178 Å². The van der Waals surface area contributed by atoms with Crippen molar-refractivity contribution in [2.75, 3.05) is 0 Å². The van der Waals surface area contributed by atoms with Crippen LogP contribution in [-0.4, -0.2) is 23.2 Å². The van der Waals surface area contributed by atoms with E-state index in [2.05, 4.69) is 21.1 Å². The second kappa shape index (κ2) is 13.0. The average Bonchev–Trinajstić information content (AvgIpc) is 2.79. The van der Waals surface area contributed by atoms with Crippen molar-refractivity contribution in [3.63, 3.8) is 0 Å². The molecule has 2 aromatic carbocycles. The molecule has 0 spiro atoms. The van der Waals surface area contributed by atoms with E-state index in [4.69, 9.17) is 0 Å². The van der Waals surface area contributed by atoms with Crippen molar-refractivity contribution in [1.82, 2.24) is 10.9 Å². The number of nitrogens with zero attached hydrogens (tertiary/aromatic N) is 2. The van der Waals surface area contributed by atoms with Gasteiger partial charge in [0.25, 0.3) is 0 Å². The summed E-state index contributed by atoms with van der Waals surface area (Å²) in [5, 5.41) is 8.47. The van der Waals surface area contributed by atoms with Crippen LogP contribution >= 0.6 is 0 Å². The lowest BCUT2D eigenvalue weighted by Gasteiger charge is -2.06. The molecule has 0 saturated carbocycles. The van der Waals surface area contributed by atoms with E-state index in [1.54, 1.807) is 0 Å². The van der Waals surface area contributed by atoms with Crippen LogP contribution in [0, 0.1) is 0 Å². The number of benzene rings is 2. The lowest BCUT2D eigenvalue weighted by Crippen LogP contribution is -2.21. The van der Waals surface area contributed by atoms with Gasteiger partial charge in [-0.25, -0.2) is 10.9 Å². The van der Waals surface area contributed by atoms with E-state index in [1.165, 1.54) is 0 Å². The summed E-state index contributed by atoms with van der Waals surface area (Å²) >= 11 is 0. The summed E-state index contributed by atoms with van der Waals surface area (Å²) < 4.78 is 0. The molecule has 0 heterocycles. The average molecular weight is 407 g/mol. The molecule has 0 fully saturated rings. The zero-order valence-electron chi connectivity index (χ0n) is 17.7. The van der Waals surface area contributed by atoms with Crippen molar-refractivity contribution in [3.05, 3.63) is 71.8 Å². The molecule has 0 saturated heterocycles. The number of nitrogens with one attached hydrogen (secondary N) is 2. The fourth-order valence-electron chi connectivity index (χ4n) is 2.90. The first-order valence-electron chi connectivity index (χ1n) is 10.5. The van der Waals surface area contributed by atoms with E-state index < -0.39 is 0 Å². The zero-order valence-corrected chi connectivity index (χ0v) is 17.7. The van der Waals surface area contributed by atoms with Gasteiger partial charge in [-0.3, -0.25) is 9.59 Å². The van der Waals surface area contributed by atoms with Gasteiger partial charge in [0.15, 0.2) is 0 Å². The quantitative estimate of drug-likeness (QED) is 0.329. The Hall–Kier alpha value is -3.28. The van der Waals surface area contributed by atoms with Gasteiger partial charge >= 0.3 is 0 Å². The number of carbonyl (C=O) groups excluding carboxylic acids is 2. The molecular weight excluding hydrogens is 376 g/mol. The summed E-state index contributed by atoms with van der Waals surface area (Å²) in [6, 6.07) is 19.6. The molecule has 158 valence electrons. The van der Waals surface area contributed by atoms with Gasteiger partial charge in [0.05, 0.1) is 11.4 Å². The largest absolute Gasteiger partial charge is 0.273 e. The summed E-state index contributed by atoms with van der Waals surface area (Å²) in [5.41, 5.74) is 8.90. The topological polar surface area (TPSA) is 82.9 Å². The van der Waals surface area contributed by atoms with Crippen molar-refractivity contribution in [1.29, 1.82) is 0 Å². The maximum absolute atomic E-state index is 12.0. The first-order valence-corrected chi connectivity index (χ1v) is 10.5. The third kappa shape index (κ3) is 7.99. The summed E-state index contributed by atoms with van der Waals surface area (Å²) in [6.45, 7) is 4.00. The van der Waals surface area contributed by atoms with Gasteiger partial charge in [0, 0.05) is 12.8 Å². The smallest absolute Gasteiger partial charge is 0.240 e. The van der Waals surface area contributed by atoms with Crippen molar-refractivity contribution in [2.24, 2.45) is 10.2 Å². The molecule has 30 heavy (non-hydrogen) atoms. The van der Waals surface area contributed by atoms with E-state index in [0.717, 1.165) is 35.4 Å². The summed E-state index contributed by atoms with van der Waals surface area (Å²) in [6.07, 6.45) is 3.35. The van der Waals surface area contributed by atoms with Crippen LogP contribution < -0.4 is 10.9 Å². The molecule has 0 unspecified atom stereocenters. The highest BCUT2D eigenvalue weighted by Crippen LogP contribution is 2.06. The molecule has 0 aliphatic carbocycles. The molecule has 2 amide bonds. The number of hydrogen-bond acceptors (Lipinski definition) is 4. The molecule has 2 rings (SSSR count). The molecule has 0 radical (unpaired) electrons. The van der Waals surface area contributed by atoms with Crippen molar-refractivity contribution in [2.45, 2.75) is 52.4 Å². The molecule has 0 aliphatic rings. The number of unbranched alkanes of at least 4 members (excludes halogenated alkanes) is 1. The zero-order chi connectivity index (χ0) is 21.6. The minimum absolute atomic E-state index is 0.146. The molecule has 0 bridgehead atoms. The SMILES string of the molecule is CC/C(=N\NC(=O)CCCCC(=O)N/N=C(\CC)c1ccccc1)c1ccccc1. The Kier molecular flexibility index (Phi) is 10.00. The van der Waals surface area contributed by atoms with Crippen molar-refractivity contribution in [3.8, 4) is 0 Å². The predicted octanol–water partition coefficient (Wildman–Crippen LogP) is 4.41. The number of amides is 2. The normalized spacial score (nSPS) is 11.8. The van der Waals surface area contributed by atoms with Crippen LogP contribution in [-0.2, 0) is 9.59 Å². The van der Waals surface area contributed by atoms with Crippen LogP contribution in [0.15, 0.2) is 70.9 Å². The summed E-state index contributed by atoms with van der Waals surface area (Å²) in [7, 11) is 0. The molecule has 6 nitrogen and oxygen atoms in total. The van der Waals surface area contributed by atoms with Gasteiger partial charge in [-0.2, -0.15) is 10.2 Å². The van der Waals surface area contributed by atoms with Crippen molar-refractivity contribution >= 4 is 23.2 Å². The first-order chi connectivity index (χ1) is 14.6. The Balaban J connectivity index is 1.70. The van der Waals surface area contributed by atoms with Gasteiger partial charge in [0.1, 0.15) is 0 Å². The number of rotatable bonds is 11. The Morgan fingerprint density at radius 2 is 1.03 bits per heavy atom. The van der Waals surface area contributed by atoms with Gasteiger partial charge in [-0.1, -0.05) is 74.5 Å². The predicted molar refractivity (Wildman–Crippen MR) is 121 cm³/mol. The molecular formula is C24H30N4O2. The monoisotopic (exact) mass is 406 g/mol. The molecule has 0 aliphatic heterocycles. The lowest BCUT2D eigenvalue weighted by molar-refractivity contribution is -0.123. The Morgan fingerprint density at radius 1 is 0.667 bits per heavy atom. The molecule has 2 N–H and O–H groups in total. The molecule has 2 aromatic rings. The van der Waals surface area contributed by atoms with Crippen molar-refractivity contribution < 1.29 is 9.59 Å². The van der Waals surface area contributed by atoms with Crippen LogP contribution in [0.3, 0.4) is 0 Å². The van der Waals surface area contributed by atoms with Crippen LogP contribution in [0.1, 0.15) is 63.5 Å². The maximum atomic E-state index is 12.0. The molecule has 0 aromatic heterocycles. The fraction of sp³-hybridized carbons (Fsp3) is 0.333. The third-order valence-corrected chi connectivity index (χ3v) is 4.57. The van der Waals surface area contributed by atoms with Crippen LogP contribution in [0.2, 0.25) is 0 Å². The number of hydrazone groups is 2. The highest BCUT2D eigenvalue weighted by atomic mass is 16.2. The summed E-state index contributed by atoms with van der Waals surface area (Å²) in [5.74, 6) is -0.291. The minimum atomic E-state index is -0.146. The standard InChI is InChI=1S/C24H30N4O2/c1-3-21(19-13-7-5-8-14-19)25-27-23(29)17-11-12-18-24(30)28-26-22(4-2)20-15-9-6-10-16-20/h5-10,13-16H,3-4,11-12,17-18H2,1-2H3,(H,27,29)(H,28,30)/b25-21+,26-22+. The highest BCUT2D eigenvalue weighted by molar-refractivity contribution is 6.01.